The highest BCUT2D eigenvalue weighted by Gasteiger charge is 2.15. The van der Waals surface area contributed by atoms with Crippen LogP contribution in [-0.4, -0.2) is 23.2 Å². The molecular weight excluding hydrogens is 302 g/mol. The van der Waals surface area contributed by atoms with Crippen LogP contribution < -0.4 is 10.2 Å². The Bertz CT molecular complexity index is 674. The number of benzene rings is 1. The van der Waals surface area contributed by atoms with Gasteiger partial charge in [0.25, 0.3) is 5.91 Å². The minimum Gasteiger partial charge on any atom is -0.481 e. The molecule has 0 fully saturated rings. The summed E-state index contributed by atoms with van der Waals surface area (Å²) in [6, 6.07) is 8.81. The normalized spacial score (nSPS) is 12.1. The van der Waals surface area contributed by atoms with Gasteiger partial charge in [-0.05, 0) is 55.3 Å². The molecule has 1 atom stereocenters. The van der Waals surface area contributed by atoms with E-state index in [0.29, 0.717) is 10.8 Å². The lowest BCUT2D eigenvalue weighted by Gasteiger charge is -2.14. The van der Waals surface area contributed by atoms with E-state index in [9.17, 15) is 4.79 Å². The molecule has 0 saturated heterocycles. The van der Waals surface area contributed by atoms with Crippen LogP contribution in [0.3, 0.4) is 0 Å². The quantitative estimate of drug-likeness (QED) is 0.681. The molecule has 2 aromatic rings. The van der Waals surface area contributed by atoms with Crippen LogP contribution in [0, 0.1) is 6.92 Å². The molecule has 2 rings (SSSR count). The van der Waals surface area contributed by atoms with Gasteiger partial charge >= 0.3 is 0 Å². The number of carbonyl (C=O) groups excluding carboxylic acids is 1. The van der Waals surface area contributed by atoms with E-state index in [1.807, 2.05) is 6.92 Å². The molecule has 1 heterocycles. The zero-order valence-electron chi connectivity index (χ0n) is 12.3. The van der Waals surface area contributed by atoms with E-state index in [4.69, 9.17) is 16.3 Å². The number of hydrazone groups is 1. The van der Waals surface area contributed by atoms with E-state index in [0.717, 1.165) is 11.1 Å². The van der Waals surface area contributed by atoms with Gasteiger partial charge in [0.2, 0.25) is 0 Å². The summed E-state index contributed by atoms with van der Waals surface area (Å²) in [4.78, 5) is 15.8. The number of hydrogen-bond donors (Lipinski definition) is 1. The monoisotopic (exact) mass is 317 g/mol. The number of halogens is 1. The van der Waals surface area contributed by atoms with E-state index >= 15 is 0 Å². The summed E-state index contributed by atoms with van der Waals surface area (Å²) in [7, 11) is 0. The third kappa shape index (κ3) is 4.56. The van der Waals surface area contributed by atoms with E-state index in [2.05, 4.69) is 15.5 Å². The van der Waals surface area contributed by atoms with Crippen molar-refractivity contribution in [3.05, 3.63) is 58.9 Å². The van der Waals surface area contributed by atoms with Gasteiger partial charge in [-0.1, -0.05) is 11.6 Å². The third-order valence-electron chi connectivity index (χ3n) is 2.90. The zero-order valence-corrected chi connectivity index (χ0v) is 13.0. The molecule has 0 aliphatic heterocycles. The third-order valence-corrected chi connectivity index (χ3v) is 3.14. The van der Waals surface area contributed by atoms with Gasteiger partial charge < -0.3 is 4.74 Å². The summed E-state index contributed by atoms with van der Waals surface area (Å²) in [5.41, 5.74) is 4.15. The topological polar surface area (TPSA) is 63.6 Å². The van der Waals surface area contributed by atoms with Gasteiger partial charge in [0, 0.05) is 17.4 Å². The first-order valence-electron chi connectivity index (χ1n) is 6.72. The van der Waals surface area contributed by atoms with Crippen molar-refractivity contribution in [2.45, 2.75) is 20.0 Å². The molecule has 0 spiro atoms. The predicted molar refractivity (Wildman–Crippen MR) is 86.3 cm³/mol. The predicted octanol–water partition coefficient (Wildman–Crippen LogP) is 2.96. The maximum Gasteiger partial charge on any atom is 0.280 e. The molecular formula is C16H16ClN3O2. The largest absolute Gasteiger partial charge is 0.481 e. The van der Waals surface area contributed by atoms with Crippen LogP contribution in [0.15, 0.2) is 47.8 Å². The van der Waals surface area contributed by atoms with Gasteiger partial charge in [-0.3, -0.25) is 9.78 Å². The van der Waals surface area contributed by atoms with Crippen molar-refractivity contribution < 1.29 is 9.53 Å². The highest BCUT2D eigenvalue weighted by atomic mass is 35.5. The maximum atomic E-state index is 11.9. The summed E-state index contributed by atoms with van der Waals surface area (Å²) in [5, 5.41) is 4.52. The van der Waals surface area contributed by atoms with Crippen molar-refractivity contribution in [1.29, 1.82) is 0 Å². The number of amides is 1. The van der Waals surface area contributed by atoms with Crippen LogP contribution in [-0.2, 0) is 4.79 Å². The Balaban J connectivity index is 1.91. The number of pyridine rings is 1. The molecule has 1 amide bonds. The molecule has 1 aromatic carbocycles. The van der Waals surface area contributed by atoms with Gasteiger partial charge in [0.05, 0.1) is 6.21 Å². The molecule has 1 aromatic heterocycles. The first-order valence-corrected chi connectivity index (χ1v) is 7.10. The van der Waals surface area contributed by atoms with Crippen LogP contribution in [0.1, 0.15) is 18.1 Å². The Labute approximate surface area is 134 Å². The number of nitrogens with one attached hydrogen (secondary N) is 1. The number of carbonyl (C=O) groups is 1. The van der Waals surface area contributed by atoms with Crippen LogP contribution >= 0.6 is 11.6 Å². The molecule has 114 valence electrons. The molecule has 0 aliphatic rings. The summed E-state index contributed by atoms with van der Waals surface area (Å²) >= 11 is 5.88. The Kier molecular flexibility index (Phi) is 5.49. The van der Waals surface area contributed by atoms with Crippen molar-refractivity contribution in [3.8, 4) is 5.75 Å². The fraction of sp³-hybridized carbons (Fsp3) is 0.188. The lowest BCUT2D eigenvalue weighted by Crippen LogP contribution is -2.33. The Hall–Kier alpha value is -2.40. The minimum atomic E-state index is -0.672. The molecule has 22 heavy (non-hydrogen) atoms. The molecule has 6 heteroatoms. The second-order valence-electron chi connectivity index (χ2n) is 4.68. The smallest absolute Gasteiger partial charge is 0.280 e. The second kappa shape index (κ2) is 7.56. The average molecular weight is 318 g/mol. The number of ether oxygens (including phenoxy) is 1. The maximum absolute atomic E-state index is 11.9. The van der Waals surface area contributed by atoms with E-state index in [-0.39, 0.29) is 5.91 Å². The van der Waals surface area contributed by atoms with Crippen LogP contribution in [0.4, 0.5) is 0 Å². The standard InChI is InChI=1S/C16H16ClN3O2/c1-11-9-14(17)3-4-15(11)22-12(2)16(21)20-19-10-13-5-7-18-8-6-13/h3-10,12H,1-2H3,(H,20,21). The van der Waals surface area contributed by atoms with Crippen molar-refractivity contribution in [1.82, 2.24) is 10.4 Å². The number of aromatic nitrogens is 1. The number of hydrogen-bond acceptors (Lipinski definition) is 4. The van der Waals surface area contributed by atoms with Gasteiger partial charge in [-0.25, -0.2) is 5.43 Å². The highest BCUT2D eigenvalue weighted by molar-refractivity contribution is 6.30. The zero-order chi connectivity index (χ0) is 15.9. The average Bonchev–Trinajstić information content (AvgIpc) is 2.51. The molecule has 5 nitrogen and oxygen atoms in total. The molecule has 0 radical (unpaired) electrons. The summed E-state index contributed by atoms with van der Waals surface area (Å²) in [6.45, 7) is 3.53. The Morgan fingerprint density at radius 3 is 2.77 bits per heavy atom. The van der Waals surface area contributed by atoms with Gasteiger partial charge in [-0.15, -0.1) is 0 Å². The highest BCUT2D eigenvalue weighted by Crippen LogP contribution is 2.22. The fourth-order valence-corrected chi connectivity index (χ4v) is 1.93. The summed E-state index contributed by atoms with van der Waals surface area (Å²) < 4.78 is 5.61. The van der Waals surface area contributed by atoms with Crippen LogP contribution in [0.5, 0.6) is 5.75 Å². The SMILES string of the molecule is Cc1cc(Cl)ccc1OC(C)C(=O)NN=Cc1ccncc1. The fourth-order valence-electron chi connectivity index (χ4n) is 1.70. The first-order chi connectivity index (χ1) is 10.6. The number of rotatable bonds is 5. The molecule has 0 saturated carbocycles. The molecule has 1 unspecified atom stereocenters. The lowest BCUT2D eigenvalue weighted by atomic mass is 10.2. The molecule has 0 bridgehead atoms. The Morgan fingerprint density at radius 1 is 1.36 bits per heavy atom. The van der Waals surface area contributed by atoms with Crippen molar-refractivity contribution in [3.63, 3.8) is 0 Å². The van der Waals surface area contributed by atoms with Gasteiger partial charge in [0.15, 0.2) is 6.10 Å². The van der Waals surface area contributed by atoms with Crippen molar-refractivity contribution >= 4 is 23.7 Å². The summed E-state index contributed by atoms with van der Waals surface area (Å²) in [5.74, 6) is 0.282. The second-order valence-corrected chi connectivity index (χ2v) is 5.12. The van der Waals surface area contributed by atoms with Gasteiger partial charge in [-0.2, -0.15) is 5.10 Å². The number of aryl methyl sites for hydroxylation is 1. The number of nitrogens with zero attached hydrogens (tertiary/aromatic N) is 2. The Morgan fingerprint density at radius 2 is 2.09 bits per heavy atom. The minimum absolute atomic E-state index is 0.334. The van der Waals surface area contributed by atoms with Crippen LogP contribution in [0.2, 0.25) is 5.02 Å². The van der Waals surface area contributed by atoms with E-state index in [1.54, 1.807) is 55.9 Å². The van der Waals surface area contributed by atoms with Crippen LogP contribution in [0.25, 0.3) is 0 Å². The van der Waals surface area contributed by atoms with Crippen molar-refractivity contribution in [2.24, 2.45) is 5.10 Å². The molecule has 1 N–H and O–H groups in total. The van der Waals surface area contributed by atoms with Crippen molar-refractivity contribution in [2.75, 3.05) is 0 Å². The first kappa shape index (κ1) is 16.0. The van der Waals surface area contributed by atoms with E-state index in [1.165, 1.54) is 0 Å². The van der Waals surface area contributed by atoms with E-state index < -0.39 is 6.10 Å². The summed E-state index contributed by atoms with van der Waals surface area (Å²) in [6.07, 6.45) is 4.17. The molecule has 0 aliphatic carbocycles. The lowest BCUT2D eigenvalue weighted by molar-refractivity contribution is -0.127. The van der Waals surface area contributed by atoms with Gasteiger partial charge in [0.1, 0.15) is 5.75 Å².